The van der Waals surface area contributed by atoms with Gasteiger partial charge in [0, 0.05) is 13.1 Å². The van der Waals surface area contributed by atoms with E-state index in [0.29, 0.717) is 17.1 Å². The predicted molar refractivity (Wildman–Crippen MR) is 66.0 cm³/mol. The van der Waals surface area contributed by atoms with Gasteiger partial charge in [0.2, 0.25) is 5.91 Å². The summed E-state index contributed by atoms with van der Waals surface area (Å²) in [6.07, 6.45) is 0. The summed E-state index contributed by atoms with van der Waals surface area (Å²) in [6, 6.07) is 6.91. The number of nitrogens with zero attached hydrogens (tertiary/aromatic N) is 2. The van der Waals surface area contributed by atoms with Crippen LogP contribution in [0, 0.1) is 11.3 Å². The Kier molecular flexibility index (Phi) is 3.21. The van der Waals surface area contributed by atoms with Gasteiger partial charge in [-0.05, 0) is 25.1 Å². The molecular formula is C12H12ClN3O. The molecule has 5 heteroatoms. The van der Waals surface area contributed by atoms with Crippen molar-refractivity contribution in [2.45, 2.75) is 13.0 Å². The minimum Gasteiger partial charge on any atom is -0.357 e. The molecule has 1 aromatic rings. The maximum absolute atomic E-state index is 11.6. The highest BCUT2D eigenvalue weighted by Crippen LogP contribution is 2.28. The molecule has 4 nitrogen and oxygen atoms in total. The smallest absolute Gasteiger partial charge is 0.242 e. The highest BCUT2D eigenvalue weighted by molar-refractivity contribution is 6.33. The van der Waals surface area contributed by atoms with Crippen LogP contribution in [-0.4, -0.2) is 25.0 Å². The molecule has 1 N–H and O–H groups in total. The summed E-state index contributed by atoms with van der Waals surface area (Å²) in [5.74, 6) is -0.00308. The van der Waals surface area contributed by atoms with Gasteiger partial charge in [0.05, 0.1) is 22.3 Å². The van der Waals surface area contributed by atoms with Gasteiger partial charge in [-0.1, -0.05) is 11.6 Å². The Labute approximate surface area is 105 Å². The van der Waals surface area contributed by atoms with Crippen LogP contribution in [0.4, 0.5) is 5.69 Å². The van der Waals surface area contributed by atoms with E-state index in [0.717, 1.165) is 12.2 Å². The molecule has 1 heterocycles. The molecule has 17 heavy (non-hydrogen) atoms. The number of hydrogen-bond donors (Lipinski definition) is 1. The molecule has 1 atom stereocenters. The van der Waals surface area contributed by atoms with E-state index in [1.165, 1.54) is 0 Å². The van der Waals surface area contributed by atoms with Gasteiger partial charge < -0.3 is 10.2 Å². The fraction of sp³-hybridized carbons (Fsp3) is 0.333. The molecular weight excluding hydrogens is 238 g/mol. The van der Waals surface area contributed by atoms with Crippen LogP contribution < -0.4 is 10.2 Å². The van der Waals surface area contributed by atoms with Crippen LogP contribution in [0.15, 0.2) is 18.2 Å². The van der Waals surface area contributed by atoms with E-state index in [4.69, 9.17) is 16.9 Å². The number of anilines is 1. The Morgan fingerprint density at radius 3 is 3.00 bits per heavy atom. The Hall–Kier alpha value is -1.73. The summed E-state index contributed by atoms with van der Waals surface area (Å²) in [5.41, 5.74) is 1.32. The third-order valence-electron chi connectivity index (χ3n) is 2.89. The number of rotatable bonds is 1. The monoisotopic (exact) mass is 249 g/mol. The Bertz CT molecular complexity index is 495. The molecule has 1 unspecified atom stereocenters. The number of amides is 1. The number of halogens is 1. The van der Waals surface area contributed by atoms with Crippen molar-refractivity contribution >= 4 is 23.2 Å². The summed E-state index contributed by atoms with van der Waals surface area (Å²) in [4.78, 5) is 13.5. The third-order valence-corrected chi connectivity index (χ3v) is 3.19. The minimum atomic E-state index is -0.241. The fourth-order valence-electron chi connectivity index (χ4n) is 1.92. The first-order valence-corrected chi connectivity index (χ1v) is 5.75. The van der Waals surface area contributed by atoms with Gasteiger partial charge in [-0.3, -0.25) is 4.79 Å². The highest BCUT2D eigenvalue weighted by atomic mass is 35.5. The number of benzene rings is 1. The molecule has 1 saturated heterocycles. The second kappa shape index (κ2) is 4.64. The lowest BCUT2D eigenvalue weighted by molar-refractivity contribution is -0.122. The molecule has 0 spiro atoms. The van der Waals surface area contributed by atoms with E-state index >= 15 is 0 Å². The van der Waals surface area contributed by atoms with Gasteiger partial charge in [0.15, 0.2) is 0 Å². The largest absolute Gasteiger partial charge is 0.357 e. The predicted octanol–water partition coefficient (Wildman–Crippen LogP) is 1.54. The molecule has 1 aromatic carbocycles. The molecule has 0 radical (unpaired) electrons. The van der Waals surface area contributed by atoms with Gasteiger partial charge in [-0.25, -0.2) is 0 Å². The van der Waals surface area contributed by atoms with Crippen LogP contribution in [0.1, 0.15) is 12.5 Å². The first-order chi connectivity index (χ1) is 8.13. The normalized spacial score (nSPS) is 19.7. The number of piperazine rings is 1. The number of nitrogens with one attached hydrogen (secondary N) is 1. The number of carbonyl (C=O) groups is 1. The van der Waals surface area contributed by atoms with Crippen molar-refractivity contribution in [1.82, 2.24) is 5.32 Å². The zero-order valence-corrected chi connectivity index (χ0v) is 10.2. The van der Waals surface area contributed by atoms with E-state index in [-0.39, 0.29) is 11.9 Å². The van der Waals surface area contributed by atoms with Gasteiger partial charge in [0.25, 0.3) is 0 Å². The molecule has 2 rings (SSSR count). The molecule has 0 aromatic heterocycles. The molecule has 1 fully saturated rings. The summed E-state index contributed by atoms with van der Waals surface area (Å²) >= 11 is 6.13. The second-order valence-electron chi connectivity index (χ2n) is 3.94. The van der Waals surface area contributed by atoms with E-state index < -0.39 is 0 Å². The van der Waals surface area contributed by atoms with Crippen molar-refractivity contribution in [3.8, 4) is 6.07 Å². The van der Waals surface area contributed by atoms with E-state index in [2.05, 4.69) is 5.32 Å². The number of nitriles is 1. The van der Waals surface area contributed by atoms with Crippen molar-refractivity contribution in [3.05, 3.63) is 28.8 Å². The number of carbonyl (C=O) groups excluding carboxylic acids is 1. The van der Waals surface area contributed by atoms with Crippen molar-refractivity contribution in [3.63, 3.8) is 0 Å². The maximum atomic E-state index is 11.6. The van der Waals surface area contributed by atoms with Gasteiger partial charge >= 0.3 is 0 Å². The first kappa shape index (κ1) is 11.7. The first-order valence-electron chi connectivity index (χ1n) is 5.37. The standard InChI is InChI=1S/C12H12ClN3O/c1-8-12(17)15-4-5-16(8)11-3-2-9(7-14)6-10(11)13/h2-3,6,8H,4-5H2,1H3,(H,15,17). The molecule has 1 aliphatic rings. The average Bonchev–Trinajstić information content (AvgIpc) is 2.33. The minimum absolute atomic E-state index is 0.00308. The number of hydrogen-bond acceptors (Lipinski definition) is 3. The Morgan fingerprint density at radius 2 is 2.35 bits per heavy atom. The molecule has 0 aliphatic carbocycles. The maximum Gasteiger partial charge on any atom is 0.242 e. The molecule has 1 amide bonds. The van der Waals surface area contributed by atoms with Crippen LogP contribution in [0.25, 0.3) is 0 Å². The van der Waals surface area contributed by atoms with Crippen LogP contribution in [0.2, 0.25) is 5.02 Å². The van der Waals surface area contributed by atoms with E-state index in [1.54, 1.807) is 18.2 Å². The molecule has 1 aliphatic heterocycles. The summed E-state index contributed by atoms with van der Waals surface area (Å²) in [5, 5.41) is 12.1. The lowest BCUT2D eigenvalue weighted by atomic mass is 10.1. The van der Waals surface area contributed by atoms with Gasteiger partial charge in [-0.15, -0.1) is 0 Å². The molecule has 0 saturated carbocycles. The molecule has 0 bridgehead atoms. The van der Waals surface area contributed by atoms with Crippen molar-refractivity contribution in [2.75, 3.05) is 18.0 Å². The lowest BCUT2D eigenvalue weighted by Crippen LogP contribution is -2.54. The third kappa shape index (κ3) is 2.20. The molecule has 88 valence electrons. The fourth-order valence-corrected chi connectivity index (χ4v) is 2.21. The SMILES string of the molecule is CC1C(=O)NCCN1c1ccc(C#N)cc1Cl. The van der Waals surface area contributed by atoms with Crippen LogP contribution in [-0.2, 0) is 4.79 Å². The van der Waals surface area contributed by atoms with Gasteiger partial charge in [-0.2, -0.15) is 5.26 Å². The van der Waals surface area contributed by atoms with Crippen molar-refractivity contribution in [1.29, 1.82) is 5.26 Å². The average molecular weight is 250 g/mol. The summed E-state index contributed by atoms with van der Waals surface area (Å²) < 4.78 is 0. The topological polar surface area (TPSA) is 56.1 Å². The van der Waals surface area contributed by atoms with Crippen LogP contribution in [0.5, 0.6) is 0 Å². The highest BCUT2D eigenvalue weighted by Gasteiger charge is 2.26. The van der Waals surface area contributed by atoms with E-state index in [9.17, 15) is 4.79 Å². The zero-order chi connectivity index (χ0) is 12.4. The zero-order valence-electron chi connectivity index (χ0n) is 9.40. The van der Waals surface area contributed by atoms with Crippen molar-refractivity contribution in [2.24, 2.45) is 0 Å². The lowest BCUT2D eigenvalue weighted by Gasteiger charge is -2.35. The van der Waals surface area contributed by atoms with Crippen molar-refractivity contribution < 1.29 is 4.79 Å². The van der Waals surface area contributed by atoms with Gasteiger partial charge in [0.1, 0.15) is 6.04 Å². The van der Waals surface area contributed by atoms with E-state index in [1.807, 2.05) is 17.9 Å². The summed E-state index contributed by atoms with van der Waals surface area (Å²) in [7, 11) is 0. The Balaban J connectivity index is 2.34. The summed E-state index contributed by atoms with van der Waals surface area (Å²) in [6.45, 7) is 3.17. The quantitative estimate of drug-likeness (QED) is 0.821. The second-order valence-corrected chi connectivity index (χ2v) is 4.35. The van der Waals surface area contributed by atoms with Crippen LogP contribution in [0.3, 0.4) is 0 Å². The Morgan fingerprint density at radius 1 is 1.59 bits per heavy atom. The van der Waals surface area contributed by atoms with Crippen LogP contribution >= 0.6 is 11.6 Å².